The van der Waals surface area contributed by atoms with Crippen LogP contribution in [0.15, 0.2) is 42.7 Å². The summed E-state index contributed by atoms with van der Waals surface area (Å²) in [6, 6.07) is 11.4. The Hall–Kier alpha value is -2.47. The van der Waals surface area contributed by atoms with Gasteiger partial charge in [-0.1, -0.05) is 12.1 Å². The molecule has 8 heteroatoms. The van der Waals surface area contributed by atoms with Gasteiger partial charge in [-0.3, -0.25) is 0 Å². The van der Waals surface area contributed by atoms with Crippen LogP contribution in [0.5, 0.6) is 11.5 Å². The van der Waals surface area contributed by atoms with Crippen LogP contribution in [0.25, 0.3) is 10.9 Å². The summed E-state index contributed by atoms with van der Waals surface area (Å²) in [5, 5.41) is 4.11. The minimum Gasteiger partial charge on any atom is -0.493 e. The Labute approximate surface area is 152 Å². The van der Waals surface area contributed by atoms with E-state index < -0.39 is 8.38 Å². The van der Waals surface area contributed by atoms with Gasteiger partial charge in [0.15, 0.2) is 19.9 Å². The summed E-state index contributed by atoms with van der Waals surface area (Å²) >= 11 is 0. The normalized spacial score (nSPS) is 11.0. The molecule has 0 unspecified atom stereocenters. The average Bonchev–Trinajstić information content (AvgIpc) is 2.66. The molecule has 7 nitrogen and oxygen atoms in total. The van der Waals surface area contributed by atoms with Gasteiger partial charge in [0.05, 0.1) is 19.7 Å². The van der Waals surface area contributed by atoms with Gasteiger partial charge >= 0.3 is 0 Å². The predicted molar refractivity (Wildman–Crippen MR) is 102 cm³/mol. The van der Waals surface area contributed by atoms with Crippen LogP contribution in [-0.2, 0) is 6.42 Å². The Morgan fingerprint density at radius 2 is 1.69 bits per heavy atom. The molecule has 0 aliphatic carbocycles. The van der Waals surface area contributed by atoms with Gasteiger partial charge in [0.1, 0.15) is 12.1 Å². The van der Waals surface area contributed by atoms with Gasteiger partial charge in [0.25, 0.3) is 0 Å². The first kappa shape index (κ1) is 18.3. The Morgan fingerprint density at radius 3 is 2.35 bits per heavy atom. The number of benzene rings is 2. The zero-order valence-electron chi connectivity index (χ0n) is 14.5. The molecule has 0 saturated carbocycles. The summed E-state index contributed by atoms with van der Waals surface area (Å²) in [5.74, 6) is 1.89. The van der Waals surface area contributed by atoms with Crippen molar-refractivity contribution in [2.75, 3.05) is 25.7 Å². The second kappa shape index (κ2) is 8.27. The SMILES string of the molecule is COc1cc2ncnc(Nc3ccc(CCP(O)O)cc3)c2cc1OC. The molecular formula is C18H20N3O4P. The van der Waals surface area contributed by atoms with Crippen LogP contribution in [0.1, 0.15) is 5.56 Å². The van der Waals surface area contributed by atoms with Crippen molar-refractivity contribution in [2.45, 2.75) is 6.42 Å². The molecular weight excluding hydrogens is 353 g/mol. The molecule has 0 atom stereocenters. The molecule has 0 bridgehead atoms. The highest BCUT2D eigenvalue weighted by Gasteiger charge is 2.11. The van der Waals surface area contributed by atoms with E-state index in [1.807, 2.05) is 36.4 Å². The summed E-state index contributed by atoms with van der Waals surface area (Å²) in [5.41, 5.74) is 2.67. The van der Waals surface area contributed by atoms with Crippen molar-refractivity contribution >= 4 is 30.8 Å². The molecule has 3 N–H and O–H groups in total. The van der Waals surface area contributed by atoms with Crippen LogP contribution >= 0.6 is 8.38 Å². The number of methoxy groups -OCH3 is 2. The van der Waals surface area contributed by atoms with E-state index in [0.717, 1.165) is 22.2 Å². The second-order valence-electron chi connectivity index (χ2n) is 5.61. The van der Waals surface area contributed by atoms with Crippen molar-refractivity contribution in [3.05, 3.63) is 48.3 Å². The maximum atomic E-state index is 9.02. The number of aromatic nitrogens is 2. The highest BCUT2D eigenvalue weighted by molar-refractivity contribution is 7.45. The van der Waals surface area contributed by atoms with Gasteiger partial charge in [0, 0.05) is 23.3 Å². The summed E-state index contributed by atoms with van der Waals surface area (Å²) in [4.78, 5) is 26.7. The molecule has 1 aromatic heterocycles. The lowest BCUT2D eigenvalue weighted by Crippen LogP contribution is -1.98. The number of aryl methyl sites for hydroxylation is 1. The van der Waals surface area contributed by atoms with Crippen molar-refractivity contribution in [1.29, 1.82) is 0 Å². The lowest BCUT2D eigenvalue weighted by molar-refractivity contribution is 0.356. The number of ether oxygens (including phenoxy) is 2. The van der Waals surface area contributed by atoms with E-state index in [-0.39, 0.29) is 0 Å². The molecule has 0 fully saturated rings. The average molecular weight is 373 g/mol. The van der Waals surface area contributed by atoms with Crippen molar-refractivity contribution in [2.24, 2.45) is 0 Å². The van der Waals surface area contributed by atoms with Crippen molar-refractivity contribution in [3.8, 4) is 11.5 Å². The first-order valence-corrected chi connectivity index (χ1v) is 9.42. The maximum absolute atomic E-state index is 9.02. The molecule has 3 rings (SSSR count). The van der Waals surface area contributed by atoms with Gasteiger partial charge in [-0.25, -0.2) is 9.97 Å². The highest BCUT2D eigenvalue weighted by atomic mass is 31.2. The number of nitrogens with one attached hydrogen (secondary N) is 1. The molecule has 3 aromatic rings. The minimum atomic E-state index is -1.86. The van der Waals surface area contributed by atoms with E-state index >= 15 is 0 Å². The Kier molecular flexibility index (Phi) is 5.83. The monoisotopic (exact) mass is 373 g/mol. The zero-order valence-corrected chi connectivity index (χ0v) is 15.4. The molecule has 0 spiro atoms. The predicted octanol–water partition coefficient (Wildman–Crippen LogP) is 3.23. The third-order valence-corrected chi connectivity index (χ3v) is 4.58. The minimum absolute atomic E-state index is 0.375. The third kappa shape index (κ3) is 4.19. The number of hydrogen-bond acceptors (Lipinski definition) is 7. The summed E-state index contributed by atoms with van der Waals surface area (Å²) in [6.07, 6.45) is 2.50. The van der Waals surface area contributed by atoms with E-state index in [1.54, 1.807) is 14.2 Å². The zero-order chi connectivity index (χ0) is 18.5. The fourth-order valence-corrected chi connectivity index (χ4v) is 3.06. The molecule has 26 heavy (non-hydrogen) atoms. The van der Waals surface area contributed by atoms with Crippen LogP contribution in [0.3, 0.4) is 0 Å². The number of fused-ring (bicyclic) bond motifs is 1. The Balaban J connectivity index is 1.86. The van der Waals surface area contributed by atoms with E-state index in [4.69, 9.17) is 19.3 Å². The first-order chi connectivity index (χ1) is 12.6. The fraction of sp³-hybridized carbons (Fsp3) is 0.222. The van der Waals surface area contributed by atoms with Gasteiger partial charge in [-0.05, 0) is 30.2 Å². The van der Waals surface area contributed by atoms with E-state index in [2.05, 4.69) is 15.3 Å². The lowest BCUT2D eigenvalue weighted by Gasteiger charge is -2.12. The topological polar surface area (TPSA) is 96.7 Å². The number of hydrogen-bond donors (Lipinski definition) is 3. The first-order valence-electron chi connectivity index (χ1n) is 7.98. The number of anilines is 2. The molecule has 0 radical (unpaired) electrons. The van der Waals surface area contributed by atoms with E-state index in [0.29, 0.717) is 29.9 Å². The van der Waals surface area contributed by atoms with Crippen LogP contribution in [0.2, 0.25) is 0 Å². The summed E-state index contributed by atoms with van der Waals surface area (Å²) < 4.78 is 10.7. The number of nitrogens with zero attached hydrogens (tertiary/aromatic N) is 2. The molecule has 0 amide bonds. The summed E-state index contributed by atoms with van der Waals surface area (Å²) in [6.45, 7) is 0. The van der Waals surface area contributed by atoms with Crippen LogP contribution in [0, 0.1) is 0 Å². The van der Waals surface area contributed by atoms with Gasteiger partial charge in [-0.15, -0.1) is 0 Å². The van der Waals surface area contributed by atoms with Crippen molar-refractivity contribution < 1.29 is 19.3 Å². The third-order valence-electron chi connectivity index (χ3n) is 3.96. The van der Waals surface area contributed by atoms with Gasteiger partial charge in [-0.2, -0.15) is 0 Å². The van der Waals surface area contributed by atoms with Crippen LogP contribution in [-0.4, -0.2) is 40.1 Å². The largest absolute Gasteiger partial charge is 0.493 e. The fourth-order valence-electron chi connectivity index (χ4n) is 2.60. The molecule has 0 aliphatic rings. The molecule has 136 valence electrons. The van der Waals surface area contributed by atoms with Crippen LogP contribution in [0.4, 0.5) is 11.5 Å². The standard InChI is InChI=1S/C18H20N3O4P/c1-24-16-9-14-15(10-17(16)25-2)19-11-20-18(14)21-13-5-3-12(4-6-13)7-8-26(22)23/h3-6,9-11,22-23H,7-8H2,1-2H3,(H,19,20,21). The highest BCUT2D eigenvalue weighted by Crippen LogP contribution is 2.34. The van der Waals surface area contributed by atoms with Gasteiger partial charge < -0.3 is 24.6 Å². The Morgan fingerprint density at radius 1 is 1.00 bits per heavy atom. The molecule has 2 aromatic carbocycles. The number of rotatable bonds is 7. The smallest absolute Gasteiger partial charge is 0.165 e. The van der Waals surface area contributed by atoms with Gasteiger partial charge in [0.2, 0.25) is 0 Å². The second-order valence-corrected chi connectivity index (χ2v) is 6.81. The Bertz CT molecular complexity index is 887. The molecule has 0 aliphatic heterocycles. The van der Waals surface area contributed by atoms with E-state index in [1.165, 1.54) is 6.33 Å². The van der Waals surface area contributed by atoms with Crippen LogP contribution < -0.4 is 14.8 Å². The lowest BCUT2D eigenvalue weighted by atomic mass is 10.1. The van der Waals surface area contributed by atoms with Crippen molar-refractivity contribution in [3.63, 3.8) is 0 Å². The quantitative estimate of drug-likeness (QED) is 0.547. The van der Waals surface area contributed by atoms with E-state index in [9.17, 15) is 0 Å². The molecule has 0 saturated heterocycles. The van der Waals surface area contributed by atoms with Crippen molar-refractivity contribution in [1.82, 2.24) is 9.97 Å². The summed E-state index contributed by atoms with van der Waals surface area (Å²) in [7, 11) is 1.32. The molecule has 1 heterocycles. The maximum Gasteiger partial charge on any atom is 0.165 e.